The van der Waals surface area contributed by atoms with Gasteiger partial charge in [-0.1, -0.05) is 25.4 Å². The largest absolute Gasteiger partial charge is 0.496 e. The molecule has 0 aliphatic rings. The molecule has 0 spiro atoms. The lowest BCUT2D eigenvalue weighted by Crippen LogP contribution is -1.99. The van der Waals surface area contributed by atoms with Crippen LogP contribution >= 0.6 is 11.6 Å². The van der Waals surface area contributed by atoms with Crippen molar-refractivity contribution in [3.05, 3.63) is 34.6 Å². The highest BCUT2D eigenvalue weighted by Crippen LogP contribution is 2.23. The van der Waals surface area contributed by atoms with Gasteiger partial charge in [0, 0.05) is 5.69 Å². The molecule has 16 heavy (non-hydrogen) atoms. The monoisotopic (exact) mass is 239 g/mol. The maximum Gasteiger partial charge on any atom is 0.140 e. The molecule has 0 aromatic carbocycles. The molecule has 1 heterocycles. The normalized spacial score (nSPS) is 12.0. The van der Waals surface area contributed by atoms with Crippen LogP contribution in [0.5, 0.6) is 0 Å². The van der Waals surface area contributed by atoms with Crippen molar-refractivity contribution in [2.24, 2.45) is 5.92 Å². The third kappa shape index (κ3) is 3.24. The summed E-state index contributed by atoms with van der Waals surface area (Å²) in [5.41, 5.74) is 1.87. The van der Waals surface area contributed by atoms with Gasteiger partial charge < -0.3 is 4.74 Å². The number of methoxy groups -OCH3 is 1. The molecule has 0 unspecified atom stereocenters. The van der Waals surface area contributed by atoms with Gasteiger partial charge in [-0.05, 0) is 37.5 Å². The third-order valence-corrected chi connectivity index (χ3v) is 2.56. The summed E-state index contributed by atoms with van der Waals surface area (Å²) in [4.78, 5) is 4.37. The highest BCUT2D eigenvalue weighted by atomic mass is 35.5. The van der Waals surface area contributed by atoms with E-state index in [1.54, 1.807) is 7.11 Å². The summed E-state index contributed by atoms with van der Waals surface area (Å²) in [6.45, 7) is 6.24. The SMILES string of the molecule is C/C=C(/OC)c1ccc(CC(C)C)nc1Cl. The molecule has 0 N–H and O–H groups in total. The van der Waals surface area contributed by atoms with Crippen molar-refractivity contribution in [2.75, 3.05) is 7.11 Å². The van der Waals surface area contributed by atoms with E-state index in [1.807, 2.05) is 25.1 Å². The fraction of sp³-hybridized carbons (Fsp3) is 0.462. The van der Waals surface area contributed by atoms with E-state index in [2.05, 4.69) is 18.8 Å². The summed E-state index contributed by atoms with van der Waals surface area (Å²) in [5.74, 6) is 1.34. The standard InChI is InChI=1S/C13H18ClNO/c1-5-12(16-4)11-7-6-10(8-9(2)3)15-13(11)14/h5-7,9H,8H2,1-4H3/b12-5+. The molecule has 1 rings (SSSR count). The van der Waals surface area contributed by atoms with E-state index in [0.29, 0.717) is 11.1 Å². The molecule has 0 radical (unpaired) electrons. The number of allylic oxidation sites excluding steroid dienone is 1. The van der Waals surface area contributed by atoms with Crippen LogP contribution in [0.2, 0.25) is 5.15 Å². The first-order chi connectivity index (χ1) is 7.58. The Labute approximate surface area is 102 Å². The lowest BCUT2D eigenvalue weighted by molar-refractivity contribution is 0.369. The Morgan fingerprint density at radius 3 is 2.62 bits per heavy atom. The van der Waals surface area contributed by atoms with Gasteiger partial charge in [-0.15, -0.1) is 0 Å². The van der Waals surface area contributed by atoms with E-state index < -0.39 is 0 Å². The number of pyridine rings is 1. The Morgan fingerprint density at radius 1 is 1.50 bits per heavy atom. The highest BCUT2D eigenvalue weighted by Gasteiger charge is 2.09. The predicted molar refractivity (Wildman–Crippen MR) is 68.4 cm³/mol. The van der Waals surface area contributed by atoms with E-state index in [4.69, 9.17) is 16.3 Å². The smallest absolute Gasteiger partial charge is 0.140 e. The molecule has 1 aromatic heterocycles. The summed E-state index contributed by atoms with van der Waals surface area (Å²) >= 11 is 6.13. The number of ether oxygens (including phenoxy) is 1. The van der Waals surface area contributed by atoms with Gasteiger partial charge in [0.25, 0.3) is 0 Å². The first-order valence-electron chi connectivity index (χ1n) is 5.44. The van der Waals surface area contributed by atoms with Crippen LogP contribution in [0.3, 0.4) is 0 Å². The Morgan fingerprint density at radius 2 is 2.19 bits per heavy atom. The molecule has 0 saturated carbocycles. The molecule has 0 fully saturated rings. The van der Waals surface area contributed by atoms with Gasteiger partial charge in [-0.25, -0.2) is 4.98 Å². The Bertz CT molecular complexity index is 386. The zero-order chi connectivity index (χ0) is 12.1. The lowest BCUT2D eigenvalue weighted by atomic mass is 10.1. The van der Waals surface area contributed by atoms with E-state index in [-0.39, 0.29) is 0 Å². The first kappa shape index (κ1) is 13.0. The molecule has 88 valence electrons. The number of rotatable bonds is 4. The second kappa shape index (κ2) is 5.90. The zero-order valence-corrected chi connectivity index (χ0v) is 11.0. The van der Waals surface area contributed by atoms with Gasteiger partial charge in [-0.2, -0.15) is 0 Å². The summed E-state index contributed by atoms with van der Waals surface area (Å²) in [5, 5.41) is 0.508. The van der Waals surface area contributed by atoms with Gasteiger partial charge in [-0.3, -0.25) is 0 Å². The second-order valence-electron chi connectivity index (χ2n) is 4.10. The van der Waals surface area contributed by atoms with Gasteiger partial charge in [0.15, 0.2) is 0 Å². The number of nitrogens with zero attached hydrogens (tertiary/aromatic N) is 1. The molecule has 1 aromatic rings. The third-order valence-electron chi connectivity index (χ3n) is 2.27. The van der Waals surface area contributed by atoms with Crippen molar-refractivity contribution in [2.45, 2.75) is 27.2 Å². The van der Waals surface area contributed by atoms with Crippen LogP contribution in [-0.2, 0) is 11.2 Å². The van der Waals surface area contributed by atoms with Crippen LogP contribution in [0, 0.1) is 5.92 Å². The summed E-state index contributed by atoms with van der Waals surface area (Å²) in [6, 6.07) is 3.97. The van der Waals surface area contributed by atoms with Crippen molar-refractivity contribution in [3.8, 4) is 0 Å². The van der Waals surface area contributed by atoms with Gasteiger partial charge in [0.05, 0.1) is 12.7 Å². The van der Waals surface area contributed by atoms with Crippen LogP contribution in [-0.4, -0.2) is 12.1 Å². The second-order valence-corrected chi connectivity index (χ2v) is 4.45. The Balaban J connectivity index is 3.00. The van der Waals surface area contributed by atoms with Crippen molar-refractivity contribution in [1.29, 1.82) is 0 Å². The Kier molecular flexibility index (Phi) is 4.81. The number of hydrogen-bond donors (Lipinski definition) is 0. The molecule has 0 aliphatic heterocycles. The van der Waals surface area contributed by atoms with E-state index >= 15 is 0 Å². The number of hydrogen-bond acceptors (Lipinski definition) is 2. The minimum Gasteiger partial charge on any atom is -0.496 e. The molecule has 0 bridgehead atoms. The van der Waals surface area contributed by atoms with E-state index in [0.717, 1.165) is 23.4 Å². The molecular formula is C13H18ClNO. The minimum absolute atomic E-state index is 0.508. The highest BCUT2D eigenvalue weighted by molar-refractivity contribution is 6.31. The number of halogens is 1. The average Bonchev–Trinajstić information content (AvgIpc) is 2.21. The summed E-state index contributed by atoms with van der Waals surface area (Å²) < 4.78 is 5.22. The number of aromatic nitrogens is 1. The fourth-order valence-corrected chi connectivity index (χ4v) is 1.84. The van der Waals surface area contributed by atoms with Crippen molar-refractivity contribution < 1.29 is 4.74 Å². The van der Waals surface area contributed by atoms with Gasteiger partial charge >= 0.3 is 0 Å². The molecule has 3 heteroatoms. The topological polar surface area (TPSA) is 22.1 Å². The molecule has 0 saturated heterocycles. The van der Waals surface area contributed by atoms with Crippen LogP contribution in [0.15, 0.2) is 18.2 Å². The van der Waals surface area contributed by atoms with Gasteiger partial charge in [0.2, 0.25) is 0 Å². The molecule has 0 amide bonds. The van der Waals surface area contributed by atoms with Crippen LogP contribution in [0.4, 0.5) is 0 Å². The van der Waals surface area contributed by atoms with Crippen molar-refractivity contribution in [3.63, 3.8) is 0 Å². The maximum absolute atomic E-state index is 6.13. The van der Waals surface area contributed by atoms with Crippen LogP contribution in [0.25, 0.3) is 5.76 Å². The van der Waals surface area contributed by atoms with Crippen LogP contribution in [0.1, 0.15) is 32.0 Å². The molecule has 0 atom stereocenters. The van der Waals surface area contributed by atoms with Crippen molar-refractivity contribution in [1.82, 2.24) is 4.98 Å². The maximum atomic E-state index is 6.13. The first-order valence-corrected chi connectivity index (χ1v) is 5.82. The van der Waals surface area contributed by atoms with E-state index in [1.165, 1.54) is 0 Å². The lowest BCUT2D eigenvalue weighted by Gasteiger charge is -2.09. The van der Waals surface area contributed by atoms with Gasteiger partial charge in [0.1, 0.15) is 10.9 Å². The summed E-state index contributed by atoms with van der Waals surface area (Å²) in [6.07, 6.45) is 2.82. The van der Waals surface area contributed by atoms with Crippen molar-refractivity contribution >= 4 is 17.4 Å². The molecule has 0 aliphatic carbocycles. The predicted octanol–water partition coefficient (Wildman–Crippen LogP) is 3.94. The fourth-order valence-electron chi connectivity index (χ4n) is 1.57. The summed E-state index contributed by atoms with van der Waals surface area (Å²) in [7, 11) is 1.63. The molecule has 2 nitrogen and oxygen atoms in total. The zero-order valence-electron chi connectivity index (χ0n) is 10.2. The molecular weight excluding hydrogens is 222 g/mol. The average molecular weight is 240 g/mol. The quantitative estimate of drug-likeness (QED) is 0.587. The minimum atomic E-state index is 0.508. The van der Waals surface area contributed by atoms with E-state index in [9.17, 15) is 0 Å². The Hall–Kier alpha value is -1.02. The van der Waals surface area contributed by atoms with Crippen LogP contribution < -0.4 is 0 Å².